The van der Waals surface area contributed by atoms with E-state index in [1.807, 2.05) is 0 Å². The van der Waals surface area contributed by atoms with Crippen LogP contribution in [0.5, 0.6) is 0 Å². The van der Waals surface area contributed by atoms with Crippen LogP contribution in [0.15, 0.2) is 59.2 Å². The molecular formula is C20H12N2O11S. The number of nitrogens with one attached hydrogen (secondary N) is 1. The van der Waals surface area contributed by atoms with Crippen LogP contribution in [-0.4, -0.2) is 51.6 Å². The van der Waals surface area contributed by atoms with Crippen LogP contribution in [-0.2, 0) is 19.7 Å². The maximum Gasteiger partial charge on any atom is 0.330 e. The van der Waals surface area contributed by atoms with E-state index < -0.39 is 71.6 Å². The summed E-state index contributed by atoms with van der Waals surface area (Å²) in [4.78, 5) is 57.5. The van der Waals surface area contributed by atoms with Gasteiger partial charge in [-0.15, -0.1) is 0 Å². The van der Waals surface area contributed by atoms with Crippen molar-refractivity contribution in [3.8, 4) is 0 Å². The summed E-state index contributed by atoms with van der Waals surface area (Å²) >= 11 is 0. The molecule has 0 heterocycles. The van der Waals surface area contributed by atoms with E-state index in [1.54, 1.807) is 0 Å². The van der Waals surface area contributed by atoms with Crippen LogP contribution >= 0.6 is 0 Å². The molecule has 0 fully saturated rings. The highest BCUT2D eigenvalue weighted by Crippen LogP contribution is 2.41. The van der Waals surface area contributed by atoms with E-state index in [9.17, 15) is 42.3 Å². The van der Waals surface area contributed by atoms with Crippen LogP contribution in [0.3, 0.4) is 0 Å². The molecule has 0 saturated heterocycles. The number of aliphatic carboxylic acids is 2. The van der Waals surface area contributed by atoms with Crippen molar-refractivity contribution >= 4 is 45.0 Å². The molecule has 2 aromatic carbocycles. The molecule has 174 valence electrons. The van der Waals surface area contributed by atoms with Gasteiger partial charge in [0.05, 0.1) is 16.2 Å². The van der Waals surface area contributed by atoms with Crippen LogP contribution in [0.2, 0.25) is 0 Å². The third-order valence-corrected chi connectivity index (χ3v) is 5.43. The van der Waals surface area contributed by atoms with E-state index in [-0.39, 0.29) is 11.1 Å². The Hall–Kier alpha value is -4.69. The van der Waals surface area contributed by atoms with Crippen LogP contribution in [0.1, 0.15) is 31.8 Å². The van der Waals surface area contributed by atoms with Gasteiger partial charge >= 0.3 is 27.7 Å². The quantitative estimate of drug-likeness (QED) is 0.123. The van der Waals surface area contributed by atoms with Crippen LogP contribution in [0.25, 0.3) is 0 Å². The molecule has 1 aliphatic carbocycles. The lowest BCUT2D eigenvalue weighted by Crippen LogP contribution is -2.25. The third kappa shape index (κ3) is 4.43. The molecule has 0 atom stereocenters. The largest absolute Gasteiger partial charge is 0.478 e. The second-order valence-corrected chi connectivity index (χ2v) is 8.08. The fourth-order valence-electron chi connectivity index (χ4n) is 3.31. The van der Waals surface area contributed by atoms with E-state index in [1.165, 1.54) is 24.3 Å². The minimum absolute atomic E-state index is 0.165. The number of nitrogens with zero attached hydrogens (tertiary/aromatic N) is 1. The summed E-state index contributed by atoms with van der Waals surface area (Å²) in [5, 5.41) is 31.9. The Bertz CT molecular complexity index is 1470. The lowest BCUT2D eigenvalue weighted by molar-refractivity contribution is -0.388. The number of nitro groups is 1. The first-order valence-electron chi connectivity index (χ1n) is 8.97. The van der Waals surface area contributed by atoms with Gasteiger partial charge in [-0.1, -0.05) is 24.3 Å². The number of fused-ring (bicyclic) bond motifs is 2. The smallest absolute Gasteiger partial charge is 0.330 e. The van der Waals surface area contributed by atoms with Crippen LogP contribution in [0, 0.1) is 10.1 Å². The number of ketones is 2. The van der Waals surface area contributed by atoms with Crippen molar-refractivity contribution in [1.29, 1.82) is 0 Å². The van der Waals surface area contributed by atoms with Gasteiger partial charge < -0.3 is 15.5 Å². The number of hydrogen-bond acceptors (Lipinski definition) is 9. The Morgan fingerprint density at radius 3 is 2.00 bits per heavy atom. The van der Waals surface area contributed by atoms with Crippen LogP contribution < -0.4 is 5.32 Å². The third-order valence-electron chi connectivity index (χ3n) is 4.56. The van der Waals surface area contributed by atoms with Gasteiger partial charge in [-0.25, -0.2) is 9.59 Å². The fourth-order valence-corrected chi connectivity index (χ4v) is 3.99. The van der Waals surface area contributed by atoms with E-state index in [2.05, 4.69) is 5.32 Å². The lowest BCUT2D eigenvalue weighted by Gasteiger charge is -2.22. The van der Waals surface area contributed by atoms with Crippen molar-refractivity contribution in [1.82, 2.24) is 0 Å². The van der Waals surface area contributed by atoms with E-state index in [0.29, 0.717) is 18.2 Å². The standard InChI is InChI=1S/C20H12N2O11S/c23-14(24)6-5-9(7-15(25)26)21-12-8-13(34(31,32)33)18(22(29)30)17-16(12)19(27)10-3-1-2-4-11(10)20(17)28/h1-8,21H,(H,23,24)(H,25,26)(H,31,32,33)/b6-5+,9-7+. The number of benzene rings is 2. The molecule has 0 unspecified atom stereocenters. The first kappa shape index (κ1) is 24.0. The maximum atomic E-state index is 13.2. The predicted octanol–water partition coefficient (Wildman–Crippen LogP) is 1.64. The van der Waals surface area contributed by atoms with E-state index >= 15 is 0 Å². The highest BCUT2D eigenvalue weighted by atomic mass is 32.2. The number of rotatable bonds is 7. The molecule has 2 aromatic rings. The molecule has 4 N–H and O–H groups in total. The second-order valence-electron chi connectivity index (χ2n) is 6.69. The Morgan fingerprint density at radius 1 is 0.971 bits per heavy atom. The van der Waals surface area contributed by atoms with Crippen molar-refractivity contribution in [3.63, 3.8) is 0 Å². The molecule has 14 heteroatoms. The molecule has 0 bridgehead atoms. The molecule has 13 nitrogen and oxygen atoms in total. The van der Waals surface area contributed by atoms with E-state index in [4.69, 9.17) is 10.2 Å². The van der Waals surface area contributed by atoms with Gasteiger partial charge in [-0.05, 0) is 12.1 Å². The number of carbonyl (C=O) groups is 4. The zero-order valence-corrected chi connectivity index (χ0v) is 17.4. The van der Waals surface area contributed by atoms with Crippen molar-refractivity contribution in [2.75, 3.05) is 5.32 Å². The summed E-state index contributed by atoms with van der Waals surface area (Å²) in [6, 6.07) is 5.71. The van der Waals surface area contributed by atoms with Gasteiger partial charge in [-0.3, -0.25) is 24.3 Å². The Kier molecular flexibility index (Phi) is 6.12. The normalized spacial score (nSPS) is 13.4. The predicted molar refractivity (Wildman–Crippen MR) is 112 cm³/mol. The molecule has 0 saturated carbocycles. The maximum absolute atomic E-state index is 13.2. The number of nitro benzene ring substituents is 1. The number of carboxylic acids is 2. The summed E-state index contributed by atoms with van der Waals surface area (Å²) in [7, 11) is -5.33. The number of carbonyl (C=O) groups excluding carboxylic acids is 2. The van der Waals surface area contributed by atoms with Crippen molar-refractivity contribution in [2.24, 2.45) is 0 Å². The summed E-state index contributed by atoms with van der Waals surface area (Å²) in [6.45, 7) is 0. The fraction of sp³-hybridized carbons (Fsp3) is 0. The van der Waals surface area contributed by atoms with Gasteiger partial charge in [0.2, 0.25) is 5.78 Å². The zero-order chi connectivity index (χ0) is 25.4. The highest BCUT2D eigenvalue weighted by Gasteiger charge is 2.42. The number of hydrogen-bond donors (Lipinski definition) is 4. The molecule has 0 spiro atoms. The zero-order valence-electron chi connectivity index (χ0n) is 16.6. The summed E-state index contributed by atoms with van der Waals surface area (Å²) < 4.78 is 33.5. The number of anilines is 1. The molecule has 0 aromatic heterocycles. The van der Waals surface area contributed by atoms with Gasteiger partial charge in [0.1, 0.15) is 5.56 Å². The van der Waals surface area contributed by atoms with Crippen molar-refractivity contribution in [2.45, 2.75) is 4.90 Å². The van der Waals surface area contributed by atoms with Gasteiger partial charge in [-0.2, -0.15) is 8.42 Å². The molecule has 1 aliphatic rings. The van der Waals surface area contributed by atoms with Crippen molar-refractivity contribution < 1.29 is 47.3 Å². The lowest BCUT2D eigenvalue weighted by atomic mass is 9.82. The summed E-state index contributed by atoms with van der Waals surface area (Å²) in [6.07, 6.45) is 1.73. The molecule has 34 heavy (non-hydrogen) atoms. The summed E-state index contributed by atoms with van der Waals surface area (Å²) in [5.41, 5.74) is -4.46. The van der Waals surface area contributed by atoms with Gasteiger partial charge in [0.15, 0.2) is 10.7 Å². The molecular weight excluding hydrogens is 476 g/mol. The first-order chi connectivity index (χ1) is 15.8. The molecule has 0 amide bonds. The average molecular weight is 488 g/mol. The Balaban J connectivity index is 2.43. The minimum atomic E-state index is -5.33. The van der Waals surface area contributed by atoms with Crippen molar-refractivity contribution in [3.05, 3.63) is 86.6 Å². The number of allylic oxidation sites excluding steroid dienone is 1. The Labute approximate surface area is 189 Å². The van der Waals surface area contributed by atoms with E-state index in [0.717, 1.165) is 6.08 Å². The second kappa shape index (κ2) is 8.68. The molecule has 0 aliphatic heterocycles. The average Bonchev–Trinajstić information content (AvgIpc) is 2.73. The van der Waals surface area contributed by atoms with Crippen LogP contribution in [0.4, 0.5) is 11.4 Å². The monoisotopic (exact) mass is 488 g/mol. The first-order valence-corrected chi connectivity index (χ1v) is 10.4. The Morgan fingerprint density at radius 2 is 1.53 bits per heavy atom. The SMILES string of the molecule is O=C(O)/C=C/C(=C\C(=O)O)Nc1cc(S(=O)(=O)O)c([N+](=O)[O-])c2c1C(=O)c1ccccc1C2=O. The molecule has 0 radical (unpaired) electrons. The minimum Gasteiger partial charge on any atom is -0.478 e. The number of carboxylic acid groups (broad SMARTS) is 2. The van der Waals surface area contributed by atoms with Gasteiger partial charge in [0, 0.05) is 29.0 Å². The van der Waals surface area contributed by atoms with Gasteiger partial charge in [0.25, 0.3) is 0 Å². The highest BCUT2D eigenvalue weighted by molar-refractivity contribution is 7.86. The summed E-state index contributed by atoms with van der Waals surface area (Å²) in [5.74, 6) is -5.08. The molecule has 3 rings (SSSR count). The topological polar surface area (TPSA) is 218 Å².